The summed E-state index contributed by atoms with van der Waals surface area (Å²) >= 11 is 0. The molecule has 0 unspecified atom stereocenters. The van der Waals surface area contributed by atoms with E-state index in [1.54, 1.807) is 7.11 Å². The summed E-state index contributed by atoms with van der Waals surface area (Å²) in [6, 6.07) is 0. The van der Waals surface area contributed by atoms with E-state index in [1.165, 1.54) is 0 Å². The Morgan fingerprint density at radius 1 is 1.50 bits per heavy atom. The molecule has 78 valence electrons. The van der Waals surface area contributed by atoms with Crippen molar-refractivity contribution in [3.05, 3.63) is 0 Å². The fourth-order valence-corrected chi connectivity index (χ4v) is 3.67. The minimum Gasteiger partial charge on any atom is -0.360 e. The quantitative estimate of drug-likeness (QED) is 0.641. The van der Waals surface area contributed by atoms with E-state index in [1.807, 2.05) is 0 Å². The van der Waals surface area contributed by atoms with E-state index in [-0.39, 0.29) is 0 Å². The van der Waals surface area contributed by atoms with E-state index in [9.17, 15) is 0 Å². The number of hydrogen-bond acceptors (Lipinski definition) is 3. The van der Waals surface area contributed by atoms with Gasteiger partial charge in [-0.2, -0.15) is 0 Å². The van der Waals surface area contributed by atoms with E-state index in [4.69, 9.17) is 9.57 Å². The van der Waals surface area contributed by atoms with Gasteiger partial charge in [0, 0.05) is 13.5 Å². The standard InChI is InChI=1S/C11H17NO2/c1-6-8-9-7(10(9,2)3)5-11(8,13-4)14-12-6/h7-9H,5H2,1-4H3/t7-,8+,9-,11-/m1/s1. The highest BCUT2D eigenvalue weighted by molar-refractivity contribution is 5.87. The molecule has 0 spiro atoms. The molecule has 3 rings (SSSR count). The molecule has 2 saturated carbocycles. The third kappa shape index (κ3) is 0.724. The molecule has 0 amide bonds. The molecule has 0 aromatic heterocycles. The van der Waals surface area contributed by atoms with Gasteiger partial charge in [-0.15, -0.1) is 0 Å². The number of hydrogen-bond donors (Lipinski definition) is 0. The Labute approximate surface area is 84.4 Å². The molecule has 0 aromatic carbocycles. The van der Waals surface area contributed by atoms with Gasteiger partial charge < -0.3 is 9.57 Å². The first-order valence-corrected chi connectivity index (χ1v) is 5.31. The summed E-state index contributed by atoms with van der Waals surface area (Å²) in [6.45, 7) is 6.74. The maximum atomic E-state index is 5.55. The second kappa shape index (κ2) is 2.16. The lowest BCUT2D eigenvalue weighted by atomic mass is 9.86. The summed E-state index contributed by atoms with van der Waals surface area (Å²) < 4.78 is 5.55. The Bertz CT molecular complexity index is 323. The molecule has 0 radical (unpaired) electrons. The fourth-order valence-electron chi connectivity index (χ4n) is 3.67. The zero-order valence-electron chi connectivity index (χ0n) is 9.20. The minimum atomic E-state index is -0.408. The summed E-state index contributed by atoms with van der Waals surface area (Å²) in [5, 5.41) is 4.10. The van der Waals surface area contributed by atoms with E-state index in [2.05, 4.69) is 25.9 Å². The van der Waals surface area contributed by atoms with Crippen LogP contribution in [0.1, 0.15) is 27.2 Å². The van der Waals surface area contributed by atoms with Crippen molar-refractivity contribution >= 4 is 5.71 Å². The molecule has 0 N–H and O–H groups in total. The Kier molecular flexibility index (Phi) is 1.34. The molecule has 14 heavy (non-hydrogen) atoms. The molecular weight excluding hydrogens is 178 g/mol. The second-order valence-corrected chi connectivity index (χ2v) is 5.48. The zero-order chi connectivity index (χ0) is 10.1. The smallest absolute Gasteiger partial charge is 0.245 e. The lowest BCUT2D eigenvalue weighted by molar-refractivity contribution is -0.227. The lowest BCUT2D eigenvalue weighted by Crippen LogP contribution is -2.40. The first-order valence-electron chi connectivity index (χ1n) is 5.31. The van der Waals surface area contributed by atoms with Crippen LogP contribution in [-0.4, -0.2) is 18.6 Å². The van der Waals surface area contributed by atoms with Crippen molar-refractivity contribution in [2.45, 2.75) is 33.0 Å². The molecular formula is C11H17NO2. The topological polar surface area (TPSA) is 30.8 Å². The maximum Gasteiger partial charge on any atom is 0.245 e. The average Bonchev–Trinajstić information content (AvgIpc) is 2.56. The van der Waals surface area contributed by atoms with E-state index >= 15 is 0 Å². The Hall–Kier alpha value is -0.570. The van der Waals surface area contributed by atoms with Crippen LogP contribution in [0.3, 0.4) is 0 Å². The predicted octanol–water partition coefficient (Wildman–Crippen LogP) is 2.03. The van der Waals surface area contributed by atoms with Crippen LogP contribution in [0, 0.1) is 23.2 Å². The van der Waals surface area contributed by atoms with Gasteiger partial charge in [-0.1, -0.05) is 19.0 Å². The summed E-state index contributed by atoms with van der Waals surface area (Å²) in [6.07, 6.45) is 1.01. The molecule has 0 aromatic rings. The van der Waals surface area contributed by atoms with E-state index in [0.29, 0.717) is 17.3 Å². The van der Waals surface area contributed by atoms with Crippen LogP contribution in [0.4, 0.5) is 0 Å². The Morgan fingerprint density at radius 2 is 2.21 bits per heavy atom. The highest BCUT2D eigenvalue weighted by Crippen LogP contribution is 2.73. The number of ether oxygens (including phenoxy) is 1. The summed E-state index contributed by atoms with van der Waals surface area (Å²) in [5.74, 6) is 1.47. The molecule has 1 aliphatic heterocycles. The molecule has 4 atom stereocenters. The van der Waals surface area contributed by atoms with Gasteiger partial charge in [0.25, 0.3) is 0 Å². The highest BCUT2D eigenvalue weighted by Gasteiger charge is 2.75. The molecule has 1 heterocycles. The van der Waals surface area contributed by atoms with Crippen LogP contribution in [0.2, 0.25) is 0 Å². The second-order valence-electron chi connectivity index (χ2n) is 5.48. The lowest BCUT2D eigenvalue weighted by Gasteiger charge is -2.30. The maximum absolute atomic E-state index is 5.55. The van der Waals surface area contributed by atoms with E-state index < -0.39 is 5.79 Å². The Balaban J connectivity index is 1.97. The molecule has 0 bridgehead atoms. The largest absolute Gasteiger partial charge is 0.360 e. The van der Waals surface area contributed by atoms with Gasteiger partial charge in [0.05, 0.1) is 11.6 Å². The van der Waals surface area contributed by atoms with Gasteiger partial charge in [-0.3, -0.25) is 0 Å². The van der Waals surface area contributed by atoms with Gasteiger partial charge in [-0.05, 0) is 24.2 Å². The van der Waals surface area contributed by atoms with Crippen LogP contribution < -0.4 is 0 Å². The first-order chi connectivity index (χ1) is 6.53. The molecule has 3 aliphatic rings. The normalized spacial score (nSPS) is 52.0. The van der Waals surface area contributed by atoms with Crippen LogP contribution in [0.25, 0.3) is 0 Å². The van der Waals surface area contributed by atoms with Gasteiger partial charge in [0.15, 0.2) is 0 Å². The summed E-state index contributed by atoms with van der Waals surface area (Å²) in [4.78, 5) is 5.49. The molecule has 2 aliphatic carbocycles. The Morgan fingerprint density at radius 3 is 2.86 bits per heavy atom. The molecule has 2 fully saturated rings. The van der Waals surface area contributed by atoms with Crippen molar-refractivity contribution in [3.63, 3.8) is 0 Å². The SMILES string of the molecule is CO[C@@]12C[C@@H]3[C@H]([C@@H]1C(C)=NO2)C3(C)C. The third-order valence-corrected chi connectivity index (χ3v) is 4.62. The highest BCUT2D eigenvalue weighted by atomic mass is 16.8. The monoisotopic (exact) mass is 195 g/mol. The van der Waals surface area contributed by atoms with Crippen LogP contribution >= 0.6 is 0 Å². The van der Waals surface area contributed by atoms with Crippen molar-refractivity contribution in [2.24, 2.45) is 28.3 Å². The van der Waals surface area contributed by atoms with Crippen molar-refractivity contribution in [1.82, 2.24) is 0 Å². The summed E-state index contributed by atoms with van der Waals surface area (Å²) in [7, 11) is 1.74. The predicted molar refractivity (Wildman–Crippen MR) is 52.8 cm³/mol. The first kappa shape index (κ1) is 8.72. The van der Waals surface area contributed by atoms with Crippen molar-refractivity contribution in [2.75, 3.05) is 7.11 Å². The molecule has 3 heteroatoms. The van der Waals surface area contributed by atoms with Gasteiger partial charge in [0.2, 0.25) is 5.79 Å². The van der Waals surface area contributed by atoms with Crippen LogP contribution in [0.5, 0.6) is 0 Å². The van der Waals surface area contributed by atoms with Gasteiger partial charge in [-0.25, -0.2) is 0 Å². The number of nitrogens with zero attached hydrogens (tertiary/aromatic N) is 1. The number of fused-ring (bicyclic) bond motifs is 3. The van der Waals surface area contributed by atoms with Crippen molar-refractivity contribution in [3.8, 4) is 0 Å². The van der Waals surface area contributed by atoms with Crippen LogP contribution in [-0.2, 0) is 9.57 Å². The van der Waals surface area contributed by atoms with Gasteiger partial charge >= 0.3 is 0 Å². The third-order valence-electron chi connectivity index (χ3n) is 4.62. The fraction of sp³-hybridized carbons (Fsp3) is 0.909. The van der Waals surface area contributed by atoms with Gasteiger partial charge in [0.1, 0.15) is 0 Å². The number of rotatable bonds is 1. The minimum absolute atomic E-state index is 0.396. The molecule has 0 saturated heterocycles. The van der Waals surface area contributed by atoms with Crippen molar-refractivity contribution in [1.29, 1.82) is 0 Å². The van der Waals surface area contributed by atoms with Crippen LogP contribution in [0.15, 0.2) is 5.16 Å². The van der Waals surface area contributed by atoms with Crippen molar-refractivity contribution < 1.29 is 9.57 Å². The molecule has 3 nitrogen and oxygen atoms in total. The summed E-state index contributed by atoms with van der Waals surface area (Å²) in [5.41, 5.74) is 1.59. The number of methoxy groups -OCH3 is 1. The zero-order valence-corrected chi connectivity index (χ0v) is 9.20. The van der Waals surface area contributed by atoms with E-state index in [0.717, 1.165) is 18.1 Å². The number of oxime groups is 1. The average molecular weight is 195 g/mol.